The lowest BCUT2D eigenvalue weighted by molar-refractivity contribution is 0.183. The molecule has 2 rings (SSSR count). The normalized spacial score (nSPS) is 18.6. The first-order chi connectivity index (χ1) is 10.1. The van der Waals surface area contributed by atoms with Crippen LogP contribution in [0, 0.1) is 5.82 Å². The van der Waals surface area contributed by atoms with Gasteiger partial charge in [0.25, 0.3) is 0 Å². The number of amides is 2. The monoisotopic (exact) mass is 293 g/mol. The fraction of sp³-hybridized carbons (Fsp3) is 0.562. The van der Waals surface area contributed by atoms with Gasteiger partial charge in [-0.2, -0.15) is 0 Å². The SMILES string of the molecule is CC(C)N(CC1CCCCN1)C(=O)Nc1ccc(F)cc1. The molecule has 1 saturated heterocycles. The lowest BCUT2D eigenvalue weighted by Gasteiger charge is -2.33. The van der Waals surface area contributed by atoms with Gasteiger partial charge in [-0.1, -0.05) is 6.42 Å². The number of anilines is 1. The molecule has 2 amide bonds. The van der Waals surface area contributed by atoms with E-state index in [0.717, 1.165) is 13.0 Å². The highest BCUT2D eigenvalue weighted by molar-refractivity contribution is 5.89. The molecule has 2 N–H and O–H groups in total. The summed E-state index contributed by atoms with van der Waals surface area (Å²) in [5.41, 5.74) is 0.614. The minimum atomic E-state index is -0.305. The second kappa shape index (κ2) is 7.41. The highest BCUT2D eigenvalue weighted by atomic mass is 19.1. The molecule has 4 nitrogen and oxygen atoms in total. The van der Waals surface area contributed by atoms with Gasteiger partial charge in [0.05, 0.1) is 0 Å². The molecular formula is C16H24FN3O. The minimum absolute atomic E-state index is 0.120. The van der Waals surface area contributed by atoms with Crippen LogP contribution in [0.1, 0.15) is 33.1 Å². The van der Waals surface area contributed by atoms with Gasteiger partial charge in [0.2, 0.25) is 0 Å². The van der Waals surface area contributed by atoms with Crippen LogP contribution in [0.4, 0.5) is 14.9 Å². The van der Waals surface area contributed by atoms with Gasteiger partial charge in [-0.15, -0.1) is 0 Å². The number of hydrogen-bond donors (Lipinski definition) is 2. The Balaban J connectivity index is 1.96. The molecule has 1 atom stereocenters. The third-order valence-corrected chi connectivity index (χ3v) is 3.81. The van der Waals surface area contributed by atoms with Crippen LogP contribution in [0.2, 0.25) is 0 Å². The third-order valence-electron chi connectivity index (χ3n) is 3.81. The van der Waals surface area contributed by atoms with Crippen LogP contribution < -0.4 is 10.6 Å². The van der Waals surface area contributed by atoms with Gasteiger partial charge in [0, 0.05) is 24.3 Å². The Labute approximate surface area is 125 Å². The average molecular weight is 293 g/mol. The smallest absolute Gasteiger partial charge is 0.321 e. The van der Waals surface area contributed by atoms with E-state index in [9.17, 15) is 9.18 Å². The second-order valence-corrected chi connectivity index (χ2v) is 5.83. The molecule has 1 aromatic carbocycles. The summed E-state index contributed by atoms with van der Waals surface area (Å²) < 4.78 is 12.9. The predicted molar refractivity (Wildman–Crippen MR) is 82.9 cm³/mol. The third kappa shape index (κ3) is 4.70. The van der Waals surface area contributed by atoms with E-state index in [-0.39, 0.29) is 17.9 Å². The van der Waals surface area contributed by atoms with Gasteiger partial charge in [-0.3, -0.25) is 0 Å². The summed E-state index contributed by atoms with van der Waals surface area (Å²) in [5.74, 6) is -0.305. The molecule has 0 aromatic heterocycles. The molecule has 0 aliphatic carbocycles. The van der Waals surface area contributed by atoms with Crippen LogP contribution in [0.5, 0.6) is 0 Å². The quantitative estimate of drug-likeness (QED) is 0.895. The van der Waals surface area contributed by atoms with Crippen molar-refractivity contribution >= 4 is 11.7 Å². The molecule has 1 heterocycles. The lowest BCUT2D eigenvalue weighted by atomic mass is 10.0. The van der Waals surface area contributed by atoms with Crippen molar-refractivity contribution in [1.82, 2.24) is 10.2 Å². The van der Waals surface area contributed by atoms with Gasteiger partial charge in [-0.05, 0) is 57.5 Å². The number of benzene rings is 1. The van der Waals surface area contributed by atoms with Crippen molar-refractivity contribution in [2.75, 3.05) is 18.4 Å². The summed E-state index contributed by atoms with van der Waals surface area (Å²) in [6, 6.07) is 6.18. The van der Waals surface area contributed by atoms with Crippen LogP contribution in [-0.4, -0.2) is 36.1 Å². The summed E-state index contributed by atoms with van der Waals surface area (Å²) in [4.78, 5) is 14.2. The van der Waals surface area contributed by atoms with Crippen LogP contribution in [0.25, 0.3) is 0 Å². The second-order valence-electron chi connectivity index (χ2n) is 5.83. The van der Waals surface area contributed by atoms with E-state index in [1.54, 1.807) is 12.1 Å². The van der Waals surface area contributed by atoms with Gasteiger partial charge < -0.3 is 15.5 Å². The molecule has 5 heteroatoms. The van der Waals surface area contributed by atoms with Gasteiger partial charge in [-0.25, -0.2) is 9.18 Å². The number of nitrogens with one attached hydrogen (secondary N) is 2. The number of piperidine rings is 1. The first-order valence-corrected chi connectivity index (χ1v) is 7.63. The molecule has 1 aliphatic heterocycles. The summed E-state index contributed by atoms with van der Waals surface area (Å²) in [5, 5.41) is 6.29. The summed E-state index contributed by atoms with van der Waals surface area (Å²) in [7, 11) is 0. The van der Waals surface area contributed by atoms with Crippen LogP contribution in [-0.2, 0) is 0 Å². The Bertz CT molecular complexity index is 455. The van der Waals surface area contributed by atoms with E-state index in [0.29, 0.717) is 18.3 Å². The van der Waals surface area contributed by atoms with Crippen molar-refractivity contribution in [3.8, 4) is 0 Å². The van der Waals surface area contributed by atoms with E-state index in [4.69, 9.17) is 0 Å². The maximum atomic E-state index is 12.9. The number of hydrogen-bond acceptors (Lipinski definition) is 2. The Morgan fingerprint density at radius 3 is 2.67 bits per heavy atom. The molecule has 1 aliphatic rings. The highest BCUT2D eigenvalue weighted by Gasteiger charge is 2.22. The Hall–Kier alpha value is -1.62. The molecule has 21 heavy (non-hydrogen) atoms. The Morgan fingerprint density at radius 2 is 2.10 bits per heavy atom. The first-order valence-electron chi connectivity index (χ1n) is 7.63. The van der Waals surface area contributed by atoms with Crippen LogP contribution >= 0.6 is 0 Å². The lowest BCUT2D eigenvalue weighted by Crippen LogP contribution is -2.49. The molecule has 0 spiro atoms. The molecule has 1 unspecified atom stereocenters. The molecular weight excluding hydrogens is 269 g/mol. The van der Waals surface area contributed by atoms with E-state index in [1.807, 2.05) is 18.7 Å². The molecule has 1 fully saturated rings. The van der Waals surface area contributed by atoms with Crippen LogP contribution in [0.15, 0.2) is 24.3 Å². The zero-order valence-corrected chi connectivity index (χ0v) is 12.7. The molecule has 0 radical (unpaired) electrons. The molecule has 0 saturated carbocycles. The number of rotatable bonds is 4. The van der Waals surface area contributed by atoms with Gasteiger partial charge >= 0.3 is 6.03 Å². The van der Waals surface area contributed by atoms with Crippen molar-refractivity contribution in [2.24, 2.45) is 0 Å². The van der Waals surface area contributed by atoms with Crippen molar-refractivity contribution in [1.29, 1.82) is 0 Å². The summed E-state index contributed by atoms with van der Waals surface area (Å²) in [6.45, 7) is 5.74. The number of nitrogens with zero attached hydrogens (tertiary/aromatic N) is 1. The van der Waals surface area contributed by atoms with Crippen molar-refractivity contribution in [2.45, 2.75) is 45.2 Å². The fourth-order valence-corrected chi connectivity index (χ4v) is 2.57. The van der Waals surface area contributed by atoms with Gasteiger partial charge in [0.1, 0.15) is 5.82 Å². The van der Waals surface area contributed by atoms with Crippen molar-refractivity contribution in [3.05, 3.63) is 30.1 Å². The minimum Gasteiger partial charge on any atom is -0.321 e. The Morgan fingerprint density at radius 1 is 1.38 bits per heavy atom. The molecule has 116 valence electrons. The van der Waals surface area contributed by atoms with E-state index in [2.05, 4.69) is 10.6 Å². The maximum Gasteiger partial charge on any atom is 0.322 e. The average Bonchev–Trinajstić information content (AvgIpc) is 2.48. The van der Waals surface area contributed by atoms with Crippen molar-refractivity contribution < 1.29 is 9.18 Å². The van der Waals surface area contributed by atoms with Gasteiger partial charge in [0.15, 0.2) is 0 Å². The fourth-order valence-electron chi connectivity index (χ4n) is 2.57. The number of carbonyl (C=O) groups excluding carboxylic acids is 1. The van der Waals surface area contributed by atoms with Crippen LogP contribution in [0.3, 0.4) is 0 Å². The maximum absolute atomic E-state index is 12.9. The number of carbonyl (C=O) groups is 1. The zero-order chi connectivity index (χ0) is 15.2. The van der Waals surface area contributed by atoms with E-state index < -0.39 is 0 Å². The number of urea groups is 1. The van der Waals surface area contributed by atoms with E-state index >= 15 is 0 Å². The standard InChI is InChI=1S/C16H24FN3O/c1-12(2)20(11-15-5-3-4-10-18-15)16(21)19-14-8-6-13(17)7-9-14/h6-9,12,15,18H,3-5,10-11H2,1-2H3,(H,19,21). The predicted octanol–water partition coefficient (Wildman–Crippen LogP) is 3.21. The summed E-state index contributed by atoms with van der Waals surface area (Å²) >= 11 is 0. The summed E-state index contributed by atoms with van der Waals surface area (Å²) in [6.07, 6.45) is 3.52. The van der Waals surface area contributed by atoms with Crippen molar-refractivity contribution in [3.63, 3.8) is 0 Å². The molecule has 0 bridgehead atoms. The Kier molecular flexibility index (Phi) is 5.56. The highest BCUT2D eigenvalue weighted by Crippen LogP contribution is 2.13. The largest absolute Gasteiger partial charge is 0.322 e. The zero-order valence-electron chi connectivity index (χ0n) is 12.7. The molecule has 1 aromatic rings. The first kappa shape index (κ1) is 15.8. The number of halogens is 1. The topological polar surface area (TPSA) is 44.4 Å². The van der Waals surface area contributed by atoms with E-state index in [1.165, 1.54) is 25.0 Å².